The molecule has 0 fully saturated rings. The first-order valence-corrected chi connectivity index (χ1v) is 6.40. The van der Waals surface area contributed by atoms with Gasteiger partial charge >= 0.3 is 0 Å². The van der Waals surface area contributed by atoms with E-state index in [0.29, 0.717) is 0 Å². The van der Waals surface area contributed by atoms with Gasteiger partial charge in [0.2, 0.25) is 0 Å². The second-order valence-electron chi connectivity index (χ2n) is 3.68. The third-order valence-corrected chi connectivity index (χ3v) is 3.38. The van der Waals surface area contributed by atoms with Gasteiger partial charge in [-0.25, -0.2) is 0 Å². The van der Waals surface area contributed by atoms with Crippen LogP contribution in [0.3, 0.4) is 0 Å². The maximum atomic E-state index is 3.35. The highest BCUT2D eigenvalue weighted by atomic mass is 32.1. The number of unbranched alkanes of at least 4 members (excludes halogenated alkanes) is 2. The molecule has 14 heavy (non-hydrogen) atoms. The molecule has 0 spiro atoms. The van der Waals surface area contributed by atoms with E-state index in [4.69, 9.17) is 0 Å². The Kier molecular flexibility index (Phi) is 5.88. The summed E-state index contributed by atoms with van der Waals surface area (Å²) in [5.74, 6) is 0. The van der Waals surface area contributed by atoms with E-state index in [9.17, 15) is 0 Å². The number of nitrogens with one attached hydrogen (secondary N) is 1. The summed E-state index contributed by atoms with van der Waals surface area (Å²) in [6.45, 7) is 6.62. The van der Waals surface area contributed by atoms with Crippen LogP contribution in [0.4, 0.5) is 0 Å². The molecule has 80 valence electrons. The smallest absolute Gasteiger partial charge is 0.00480 e. The monoisotopic (exact) mass is 211 g/mol. The van der Waals surface area contributed by atoms with E-state index >= 15 is 0 Å². The molecule has 1 rings (SSSR count). The van der Waals surface area contributed by atoms with Crippen molar-refractivity contribution in [1.29, 1.82) is 0 Å². The predicted molar refractivity (Wildman–Crippen MR) is 65.2 cm³/mol. The van der Waals surface area contributed by atoms with Gasteiger partial charge in [-0.05, 0) is 51.4 Å². The quantitative estimate of drug-likeness (QED) is 0.682. The van der Waals surface area contributed by atoms with Crippen LogP contribution in [0.15, 0.2) is 12.1 Å². The van der Waals surface area contributed by atoms with Gasteiger partial charge in [-0.1, -0.05) is 13.3 Å². The summed E-state index contributed by atoms with van der Waals surface area (Å²) >= 11 is 1.94. The Morgan fingerprint density at radius 3 is 2.71 bits per heavy atom. The average Bonchev–Trinajstić information content (AvgIpc) is 2.58. The summed E-state index contributed by atoms with van der Waals surface area (Å²) in [6, 6.07) is 4.49. The van der Waals surface area contributed by atoms with Crippen molar-refractivity contribution >= 4 is 11.3 Å². The molecule has 0 aliphatic heterocycles. The first-order valence-electron chi connectivity index (χ1n) is 5.59. The molecule has 1 aromatic rings. The molecule has 1 nitrogen and oxygen atoms in total. The fourth-order valence-corrected chi connectivity index (χ4v) is 2.45. The maximum absolute atomic E-state index is 3.35. The van der Waals surface area contributed by atoms with Gasteiger partial charge < -0.3 is 5.32 Å². The Morgan fingerprint density at radius 1 is 1.21 bits per heavy atom. The number of hydrogen-bond donors (Lipinski definition) is 1. The molecule has 1 aromatic heterocycles. The number of hydrogen-bond acceptors (Lipinski definition) is 2. The normalized spacial score (nSPS) is 10.7. The highest BCUT2D eigenvalue weighted by molar-refractivity contribution is 7.11. The first-order chi connectivity index (χ1) is 6.83. The lowest BCUT2D eigenvalue weighted by molar-refractivity contribution is 0.618. The Labute approximate surface area is 91.5 Å². The summed E-state index contributed by atoms with van der Waals surface area (Å²) in [5, 5.41) is 3.35. The minimum atomic E-state index is 1.10. The van der Waals surface area contributed by atoms with E-state index in [1.807, 2.05) is 11.3 Å². The van der Waals surface area contributed by atoms with Crippen molar-refractivity contribution < 1.29 is 0 Å². The Balaban J connectivity index is 1.99. The topological polar surface area (TPSA) is 12.0 Å². The van der Waals surface area contributed by atoms with Crippen molar-refractivity contribution in [2.45, 2.75) is 39.5 Å². The molecule has 1 heterocycles. The van der Waals surface area contributed by atoms with E-state index in [-0.39, 0.29) is 0 Å². The zero-order valence-electron chi connectivity index (χ0n) is 9.31. The van der Waals surface area contributed by atoms with Crippen LogP contribution in [0.2, 0.25) is 0 Å². The van der Waals surface area contributed by atoms with E-state index < -0.39 is 0 Å². The molecular weight excluding hydrogens is 190 g/mol. The molecule has 0 atom stereocenters. The minimum absolute atomic E-state index is 1.10. The number of aryl methyl sites for hydroxylation is 2. The lowest BCUT2D eigenvalue weighted by atomic mass is 10.2. The molecule has 0 amide bonds. The van der Waals surface area contributed by atoms with Gasteiger partial charge in [0.05, 0.1) is 0 Å². The highest BCUT2D eigenvalue weighted by Gasteiger charge is 1.96. The van der Waals surface area contributed by atoms with Gasteiger partial charge in [0.15, 0.2) is 0 Å². The van der Waals surface area contributed by atoms with E-state index in [1.54, 1.807) is 4.88 Å². The number of thiophene rings is 1. The molecule has 0 aliphatic carbocycles. The van der Waals surface area contributed by atoms with Crippen molar-refractivity contribution in [2.75, 3.05) is 13.1 Å². The molecule has 0 aliphatic rings. The van der Waals surface area contributed by atoms with Crippen LogP contribution >= 0.6 is 11.3 Å². The standard InChI is InChI=1S/C12H21NS/c1-3-13-10-6-4-5-7-12-9-8-11(2)14-12/h8-9,13H,3-7,10H2,1-2H3. The van der Waals surface area contributed by atoms with Crippen molar-refractivity contribution in [1.82, 2.24) is 5.32 Å². The van der Waals surface area contributed by atoms with E-state index in [2.05, 4.69) is 31.3 Å². The third-order valence-electron chi connectivity index (χ3n) is 2.32. The van der Waals surface area contributed by atoms with Crippen LogP contribution < -0.4 is 5.32 Å². The van der Waals surface area contributed by atoms with Gasteiger partial charge in [0.25, 0.3) is 0 Å². The van der Waals surface area contributed by atoms with Crippen LogP contribution in [-0.2, 0) is 6.42 Å². The zero-order valence-corrected chi connectivity index (χ0v) is 10.1. The van der Waals surface area contributed by atoms with Crippen molar-refractivity contribution in [3.05, 3.63) is 21.9 Å². The summed E-state index contributed by atoms with van der Waals surface area (Å²) in [6.07, 6.45) is 5.28. The maximum Gasteiger partial charge on any atom is 0.00480 e. The molecule has 0 saturated carbocycles. The molecule has 1 N–H and O–H groups in total. The SMILES string of the molecule is CCNCCCCCc1ccc(C)s1. The Bertz CT molecular complexity index is 242. The molecule has 0 radical (unpaired) electrons. The Hall–Kier alpha value is -0.340. The van der Waals surface area contributed by atoms with Crippen LogP contribution in [0.5, 0.6) is 0 Å². The summed E-state index contributed by atoms with van der Waals surface area (Å²) in [4.78, 5) is 2.98. The number of rotatable bonds is 7. The lowest BCUT2D eigenvalue weighted by Crippen LogP contribution is -2.13. The fourth-order valence-electron chi connectivity index (χ4n) is 1.52. The van der Waals surface area contributed by atoms with Crippen LogP contribution in [-0.4, -0.2) is 13.1 Å². The highest BCUT2D eigenvalue weighted by Crippen LogP contribution is 2.17. The zero-order chi connectivity index (χ0) is 10.2. The molecule has 0 saturated heterocycles. The Morgan fingerprint density at radius 2 is 2.07 bits per heavy atom. The second kappa shape index (κ2) is 7.02. The first kappa shape index (κ1) is 11.7. The van der Waals surface area contributed by atoms with Gasteiger partial charge in [-0.2, -0.15) is 0 Å². The molecule has 0 unspecified atom stereocenters. The van der Waals surface area contributed by atoms with Crippen molar-refractivity contribution in [3.8, 4) is 0 Å². The average molecular weight is 211 g/mol. The minimum Gasteiger partial charge on any atom is -0.317 e. The van der Waals surface area contributed by atoms with E-state index in [0.717, 1.165) is 6.54 Å². The summed E-state index contributed by atoms with van der Waals surface area (Å²) in [5.41, 5.74) is 0. The molecule has 2 heteroatoms. The van der Waals surface area contributed by atoms with Gasteiger partial charge in [-0.15, -0.1) is 11.3 Å². The lowest BCUT2D eigenvalue weighted by Gasteiger charge is -2.00. The van der Waals surface area contributed by atoms with Crippen molar-refractivity contribution in [2.24, 2.45) is 0 Å². The largest absolute Gasteiger partial charge is 0.317 e. The van der Waals surface area contributed by atoms with Crippen LogP contribution in [0.25, 0.3) is 0 Å². The van der Waals surface area contributed by atoms with Crippen LogP contribution in [0, 0.1) is 6.92 Å². The van der Waals surface area contributed by atoms with Gasteiger partial charge in [0, 0.05) is 9.75 Å². The van der Waals surface area contributed by atoms with Gasteiger partial charge in [-0.3, -0.25) is 0 Å². The summed E-state index contributed by atoms with van der Waals surface area (Å²) in [7, 11) is 0. The van der Waals surface area contributed by atoms with E-state index in [1.165, 1.54) is 37.1 Å². The van der Waals surface area contributed by atoms with Gasteiger partial charge in [0.1, 0.15) is 0 Å². The summed E-state index contributed by atoms with van der Waals surface area (Å²) < 4.78 is 0. The van der Waals surface area contributed by atoms with Crippen LogP contribution in [0.1, 0.15) is 35.9 Å². The molecule has 0 bridgehead atoms. The molecular formula is C12H21NS. The van der Waals surface area contributed by atoms with Crippen molar-refractivity contribution in [3.63, 3.8) is 0 Å². The molecule has 0 aromatic carbocycles. The predicted octanol–water partition coefficient (Wildman–Crippen LogP) is 3.38. The second-order valence-corrected chi connectivity index (χ2v) is 5.05. The third kappa shape index (κ3) is 4.77. The fraction of sp³-hybridized carbons (Fsp3) is 0.667.